The monoisotopic (exact) mass is 1490 g/mol. The van der Waals surface area contributed by atoms with Crippen molar-refractivity contribution in [3.63, 3.8) is 0 Å². The van der Waals surface area contributed by atoms with E-state index in [9.17, 15) is 48.6 Å². The van der Waals surface area contributed by atoms with E-state index < -0.39 is 95.8 Å². The zero-order chi connectivity index (χ0) is 61.8. The van der Waals surface area contributed by atoms with Gasteiger partial charge in [0.05, 0.1) is 52.1 Å². The summed E-state index contributed by atoms with van der Waals surface area (Å²) in [5, 5.41) is 29.2. The number of amides is 3. The standard InChI is InChI=1S/C62H86I3N3O15/c1-32-18-14-13-15-19-33(2)47(79-11)30-43-23-21-38(7)62(78,83-43)58(74)59(75)68-25-17-16-20-44(68)60(76)82-48(31-45(71)34(3)27-37(6)57(73)39(8)56(72)36(5)26-32)35(4)28-42-22-24-46(49(29-42)80-12)81-61(77)50-51(63)54(66-40(9)69)53(65)55(52(50)64)67-41(10)70/h13-15,18-19,27,32,34-36,38-39,42-44,46-49,57,73,78H,16-17,20-26,28-31H2,1-12H3,(H,66,69)(H,67,70)/b15-13?,18-14+,33-19?,37-27+/t32-,34-,35-,36-,38-,39+,42+,43+,44+,46-,47+,48+,49-,57-,62-/m1/s1. The highest BCUT2D eigenvalue weighted by atomic mass is 127. The molecule has 1 aromatic carbocycles. The number of hydrogen-bond acceptors (Lipinski definition) is 15. The summed E-state index contributed by atoms with van der Waals surface area (Å²) in [6, 6.07) is -1.21. The van der Waals surface area contributed by atoms with E-state index in [1.54, 1.807) is 40.9 Å². The summed E-state index contributed by atoms with van der Waals surface area (Å²) in [4.78, 5) is 112. The summed E-state index contributed by atoms with van der Waals surface area (Å²) >= 11 is 6.00. The maximum Gasteiger partial charge on any atom is 0.340 e. The van der Waals surface area contributed by atoms with Crippen LogP contribution in [0.15, 0.2) is 47.6 Å². The highest BCUT2D eigenvalue weighted by molar-refractivity contribution is 14.1. The first-order valence-corrected chi connectivity index (χ1v) is 32.2. The van der Waals surface area contributed by atoms with Gasteiger partial charge in [-0.25, -0.2) is 9.59 Å². The molecule has 1 aromatic rings. The van der Waals surface area contributed by atoms with Gasteiger partial charge in [0, 0.05) is 71.1 Å². The number of methoxy groups -OCH3 is 2. The van der Waals surface area contributed by atoms with Crippen molar-refractivity contribution in [3.8, 4) is 0 Å². The number of carbonyl (C=O) groups excluding carboxylic acids is 8. The van der Waals surface area contributed by atoms with Crippen molar-refractivity contribution in [1.29, 1.82) is 0 Å². The molecule has 3 aliphatic heterocycles. The van der Waals surface area contributed by atoms with Crippen LogP contribution in [0.4, 0.5) is 11.4 Å². The van der Waals surface area contributed by atoms with Gasteiger partial charge < -0.3 is 49.4 Å². The molecule has 0 aromatic heterocycles. The topological polar surface area (TPSA) is 250 Å². The van der Waals surface area contributed by atoms with E-state index in [0.717, 1.165) is 5.57 Å². The van der Waals surface area contributed by atoms with Crippen molar-refractivity contribution in [1.82, 2.24) is 4.90 Å². The van der Waals surface area contributed by atoms with E-state index in [-0.39, 0.29) is 66.1 Å². The molecule has 83 heavy (non-hydrogen) atoms. The van der Waals surface area contributed by atoms with Crippen molar-refractivity contribution < 1.29 is 72.3 Å². The van der Waals surface area contributed by atoms with Crippen LogP contribution in [0.2, 0.25) is 0 Å². The molecule has 3 heterocycles. The lowest BCUT2D eigenvalue weighted by atomic mass is 9.78. The maximum atomic E-state index is 14.7. The molecule has 2 saturated heterocycles. The molecule has 2 bridgehead atoms. The second-order valence-electron chi connectivity index (χ2n) is 23.5. The van der Waals surface area contributed by atoms with Crippen LogP contribution in [0.3, 0.4) is 0 Å². The van der Waals surface area contributed by atoms with Gasteiger partial charge in [-0.1, -0.05) is 78.0 Å². The predicted octanol–water partition coefficient (Wildman–Crippen LogP) is 10.4. The molecule has 460 valence electrons. The number of cyclic esters (lactones) is 1. The molecule has 4 aliphatic rings. The normalized spacial score (nSPS) is 33.0. The summed E-state index contributed by atoms with van der Waals surface area (Å²) < 4.78 is 32.0. The van der Waals surface area contributed by atoms with Gasteiger partial charge >= 0.3 is 11.9 Å². The van der Waals surface area contributed by atoms with Gasteiger partial charge in [-0.05, 0) is 175 Å². The van der Waals surface area contributed by atoms with Crippen molar-refractivity contribution in [3.05, 3.63) is 63.9 Å². The van der Waals surface area contributed by atoms with Crippen LogP contribution in [0.25, 0.3) is 0 Å². The maximum absolute atomic E-state index is 14.7. The van der Waals surface area contributed by atoms with Gasteiger partial charge in [0.25, 0.3) is 11.7 Å². The lowest BCUT2D eigenvalue weighted by Gasteiger charge is -2.42. The molecule has 1 saturated carbocycles. The lowest BCUT2D eigenvalue weighted by molar-refractivity contribution is -0.265. The Morgan fingerprint density at radius 2 is 1.46 bits per heavy atom. The Labute approximate surface area is 530 Å². The highest BCUT2D eigenvalue weighted by Crippen LogP contribution is 2.42. The largest absolute Gasteiger partial charge is 0.460 e. The SMILES string of the molecule is CO[C@H]1C[C@@H]2CC[C@@H](C)[C@@](O)(O2)C(=O)C(=O)N2CCCC[C@H]2C(=O)O[C@H]([C@H](C)C[C@@H]2CC[C@@H](OC(=O)c3c(I)c(NC(C)=O)c(I)c(NC(C)=O)c3I)[C@H](OC)C2)CC(=O)[C@H](C)/C=C(\C)[C@@H](O)[C@@H](C)C(=O)[C@H](C)C[C@H](C)/C=C/C=CC=C1C. The molecule has 3 fully saturated rings. The third-order valence-electron chi connectivity index (χ3n) is 16.9. The van der Waals surface area contributed by atoms with Crippen LogP contribution in [-0.4, -0.2) is 131 Å². The van der Waals surface area contributed by atoms with E-state index in [1.807, 2.05) is 126 Å². The number of nitrogens with zero attached hydrogens (tertiary/aromatic N) is 1. The van der Waals surface area contributed by atoms with Crippen molar-refractivity contribution in [2.24, 2.45) is 41.4 Å². The number of carbonyl (C=O) groups is 8. The number of anilines is 2. The minimum absolute atomic E-state index is 0.0358. The van der Waals surface area contributed by atoms with E-state index in [2.05, 4.69) is 10.6 Å². The number of aliphatic hydroxyl groups is 2. The number of rotatable bonds is 9. The van der Waals surface area contributed by atoms with Crippen LogP contribution in [-0.2, 0) is 57.2 Å². The predicted molar refractivity (Wildman–Crippen MR) is 340 cm³/mol. The van der Waals surface area contributed by atoms with Crippen molar-refractivity contribution in [2.75, 3.05) is 31.4 Å². The van der Waals surface area contributed by atoms with Gasteiger partial charge in [-0.2, -0.15) is 0 Å². The Morgan fingerprint density at radius 3 is 2.07 bits per heavy atom. The number of aliphatic hydroxyl groups excluding tert-OH is 1. The van der Waals surface area contributed by atoms with Gasteiger partial charge in [0.1, 0.15) is 29.8 Å². The van der Waals surface area contributed by atoms with E-state index in [0.29, 0.717) is 91.9 Å². The summed E-state index contributed by atoms with van der Waals surface area (Å²) in [7, 11) is 3.10. The van der Waals surface area contributed by atoms with Gasteiger partial charge in [-0.15, -0.1) is 0 Å². The van der Waals surface area contributed by atoms with Crippen LogP contribution in [0.1, 0.15) is 157 Å². The molecule has 0 spiro atoms. The van der Waals surface area contributed by atoms with Crippen LogP contribution in [0.5, 0.6) is 0 Å². The number of benzene rings is 1. The molecule has 0 radical (unpaired) electrons. The Bertz CT molecular complexity index is 2650. The van der Waals surface area contributed by atoms with Gasteiger partial charge in [0.2, 0.25) is 17.6 Å². The second-order valence-corrected chi connectivity index (χ2v) is 26.8. The van der Waals surface area contributed by atoms with E-state index >= 15 is 0 Å². The Balaban J connectivity index is 1.45. The average molecular weight is 1490 g/mol. The van der Waals surface area contributed by atoms with Crippen LogP contribution < -0.4 is 10.6 Å². The fourth-order valence-electron chi connectivity index (χ4n) is 11.9. The second kappa shape index (κ2) is 32.0. The molecule has 18 nitrogen and oxygen atoms in total. The Morgan fingerprint density at radius 1 is 0.807 bits per heavy atom. The number of piperidine rings is 1. The molecule has 21 heteroatoms. The Hall–Kier alpha value is -3.47. The zero-order valence-electron chi connectivity index (χ0n) is 50.0. The summed E-state index contributed by atoms with van der Waals surface area (Å²) in [5.74, 6) is -10.5. The molecule has 3 amide bonds. The number of allylic oxidation sites excluding steroid dienone is 6. The molecular weight excluding hydrogens is 1410 g/mol. The molecule has 15 atom stereocenters. The molecule has 5 rings (SSSR count). The lowest BCUT2D eigenvalue weighted by Crippen LogP contribution is -2.61. The van der Waals surface area contributed by atoms with E-state index in [1.165, 1.54) is 25.9 Å². The minimum Gasteiger partial charge on any atom is -0.460 e. The molecular formula is C62H86I3N3O15. The number of esters is 2. The summed E-state index contributed by atoms with van der Waals surface area (Å²) in [5.41, 5.74) is 2.21. The fourth-order valence-corrected chi connectivity index (χ4v) is 16.1. The van der Waals surface area contributed by atoms with Crippen LogP contribution in [0, 0.1) is 52.1 Å². The molecule has 0 unspecified atom stereocenters. The number of hydrogen-bond donors (Lipinski definition) is 4. The summed E-state index contributed by atoms with van der Waals surface area (Å²) in [6.45, 7) is 17.1. The molecule has 4 N–H and O–H groups in total. The quantitative estimate of drug-likeness (QED) is 0.0777. The zero-order valence-corrected chi connectivity index (χ0v) is 56.5. The first-order chi connectivity index (χ1) is 39.0. The Kier molecular flexibility index (Phi) is 27.1. The number of fused-ring (bicyclic) bond motifs is 3. The van der Waals surface area contributed by atoms with Gasteiger partial charge in [-0.3, -0.25) is 28.8 Å². The van der Waals surface area contributed by atoms with E-state index in [4.69, 9.17) is 23.7 Å². The number of halogens is 3. The van der Waals surface area contributed by atoms with Crippen molar-refractivity contribution in [2.45, 2.75) is 195 Å². The summed E-state index contributed by atoms with van der Waals surface area (Å²) in [6.07, 6.45) is 11.2. The highest BCUT2D eigenvalue weighted by Gasteiger charge is 2.53. The number of Topliss-reactive ketones (excluding diaryl/α,β-unsaturated/α-hetero) is 3. The number of ketones is 3. The minimum atomic E-state index is -2.48. The third kappa shape index (κ3) is 18.3. The number of nitrogens with one attached hydrogen (secondary N) is 2. The fraction of sp³-hybridized carbons (Fsp3) is 0.645. The third-order valence-corrected chi connectivity index (χ3v) is 20.2. The van der Waals surface area contributed by atoms with Gasteiger partial charge in [0.15, 0.2) is 0 Å². The van der Waals surface area contributed by atoms with Crippen LogP contribution >= 0.6 is 67.8 Å². The number of ether oxygens (including phenoxy) is 5. The smallest absolute Gasteiger partial charge is 0.340 e. The first-order valence-electron chi connectivity index (χ1n) is 29.0. The average Bonchev–Trinajstić information content (AvgIpc) is 2.67. The van der Waals surface area contributed by atoms with Crippen molar-refractivity contribution >= 4 is 126 Å². The first kappa shape index (κ1) is 70.3. The molecule has 1 aliphatic carbocycles.